The van der Waals surface area contributed by atoms with E-state index in [0.29, 0.717) is 47.9 Å². The number of hydrogen-bond acceptors (Lipinski definition) is 8. The summed E-state index contributed by atoms with van der Waals surface area (Å²) in [4.78, 5) is 20.4. The molecule has 3 aromatic carbocycles. The zero-order chi connectivity index (χ0) is 38.0. The number of carboxylic acids is 1. The van der Waals surface area contributed by atoms with Crippen molar-refractivity contribution in [3.05, 3.63) is 105 Å². The summed E-state index contributed by atoms with van der Waals surface area (Å²) < 4.78 is 19.1. The number of likely N-dealkylation sites (tertiary alicyclic amines) is 2. The highest BCUT2D eigenvalue weighted by atomic mass is 35.5. The molecule has 0 bridgehead atoms. The van der Waals surface area contributed by atoms with Gasteiger partial charge in [-0.25, -0.2) is 0 Å². The van der Waals surface area contributed by atoms with Gasteiger partial charge in [0.2, 0.25) is 0 Å². The molecule has 0 spiro atoms. The quantitative estimate of drug-likeness (QED) is 0.119. The third-order valence-corrected chi connectivity index (χ3v) is 11.2. The number of halogens is 1. The van der Waals surface area contributed by atoms with Crippen LogP contribution in [0.1, 0.15) is 78.8 Å². The second-order valence-corrected chi connectivity index (χ2v) is 15.1. The number of carbonyl (C=O) groups is 1. The first-order valence-corrected chi connectivity index (χ1v) is 19.5. The standard InChI is InChI=1S/C44H51ClN4O5/c1-30-10-4-5-18-49(30)27-37-21-40(45)43(22-42(37)53-28-34-20-33(23-46)24-47-25-34)54-29-36-11-6-13-38(31(36)2)39-14-7-15-41(32(39)3)52-19-9-17-48-16-8-12-35(26-48)44(50)51/h6-7,11,13-15,20-22,24-25,30,35H,4-5,8-10,12,16-19,26-29H2,1-3H3,(H,50,51)/t30-,35+/m1/s1. The van der Waals surface area contributed by atoms with E-state index in [1.807, 2.05) is 24.3 Å². The molecule has 0 amide bonds. The summed E-state index contributed by atoms with van der Waals surface area (Å²) >= 11 is 6.91. The van der Waals surface area contributed by atoms with Crippen molar-refractivity contribution in [1.82, 2.24) is 14.8 Å². The van der Waals surface area contributed by atoms with Crippen molar-refractivity contribution < 1.29 is 24.1 Å². The number of aliphatic carboxylic acids is 1. The van der Waals surface area contributed by atoms with Crippen LogP contribution in [0.25, 0.3) is 11.1 Å². The summed E-state index contributed by atoms with van der Waals surface area (Å²) in [7, 11) is 0. The lowest BCUT2D eigenvalue weighted by molar-refractivity contribution is -0.143. The Hall–Kier alpha value is -4.62. The second-order valence-electron chi connectivity index (χ2n) is 14.7. The molecule has 2 fully saturated rings. The van der Waals surface area contributed by atoms with Crippen molar-refractivity contribution >= 4 is 17.6 Å². The number of pyridine rings is 1. The van der Waals surface area contributed by atoms with Gasteiger partial charge in [0, 0.05) is 55.3 Å². The highest BCUT2D eigenvalue weighted by Crippen LogP contribution is 2.37. The third kappa shape index (κ3) is 9.92. The van der Waals surface area contributed by atoms with Gasteiger partial charge in [-0.1, -0.05) is 48.4 Å². The van der Waals surface area contributed by atoms with Crippen LogP contribution in [-0.2, 0) is 24.6 Å². The molecule has 0 saturated carbocycles. The van der Waals surface area contributed by atoms with Crippen LogP contribution in [0.5, 0.6) is 17.2 Å². The molecule has 284 valence electrons. The minimum Gasteiger partial charge on any atom is -0.493 e. The molecule has 2 aliphatic heterocycles. The molecular weight excluding hydrogens is 700 g/mol. The van der Waals surface area contributed by atoms with Crippen molar-refractivity contribution in [2.24, 2.45) is 5.92 Å². The van der Waals surface area contributed by atoms with E-state index in [9.17, 15) is 15.2 Å². The smallest absolute Gasteiger partial charge is 0.307 e. The highest BCUT2D eigenvalue weighted by molar-refractivity contribution is 6.32. The van der Waals surface area contributed by atoms with E-state index >= 15 is 0 Å². The van der Waals surface area contributed by atoms with Gasteiger partial charge in [0.15, 0.2) is 0 Å². The molecule has 2 saturated heterocycles. The van der Waals surface area contributed by atoms with Crippen LogP contribution in [0, 0.1) is 31.1 Å². The van der Waals surface area contributed by atoms with E-state index in [1.165, 1.54) is 19.3 Å². The summed E-state index contributed by atoms with van der Waals surface area (Å²) in [5, 5.41) is 19.3. The maximum atomic E-state index is 11.5. The van der Waals surface area contributed by atoms with Gasteiger partial charge in [0.25, 0.3) is 0 Å². The van der Waals surface area contributed by atoms with Gasteiger partial charge in [0.1, 0.15) is 36.5 Å². The van der Waals surface area contributed by atoms with Crippen LogP contribution < -0.4 is 14.2 Å². The molecule has 10 heteroatoms. The van der Waals surface area contributed by atoms with Gasteiger partial charge in [-0.15, -0.1) is 0 Å². The Morgan fingerprint density at radius 1 is 0.907 bits per heavy atom. The summed E-state index contributed by atoms with van der Waals surface area (Å²) in [5.74, 6) is 1.13. The average molecular weight is 751 g/mol. The number of ether oxygens (including phenoxy) is 3. The summed E-state index contributed by atoms with van der Waals surface area (Å²) in [5.41, 5.74) is 7.75. The van der Waals surface area contributed by atoms with Gasteiger partial charge in [-0.2, -0.15) is 5.26 Å². The number of piperidine rings is 2. The lowest BCUT2D eigenvalue weighted by Crippen LogP contribution is -2.39. The number of benzene rings is 3. The largest absolute Gasteiger partial charge is 0.493 e. The maximum absolute atomic E-state index is 11.5. The molecular formula is C44H51ClN4O5. The minimum absolute atomic E-state index is 0.265. The predicted molar refractivity (Wildman–Crippen MR) is 211 cm³/mol. The lowest BCUT2D eigenvalue weighted by atomic mass is 9.93. The van der Waals surface area contributed by atoms with Crippen molar-refractivity contribution in [3.63, 3.8) is 0 Å². The van der Waals surface area contributed by atoms with Gasteiger partial charge in [0.05, 0.1) is 23.1 Å². The van der Waals surface area contributed by atoms with Crippen molar-refractivity contribution in [2.45, 2.75) is 85.1 Å². The first kappa shape index (κ1) is 39.1. The third-order valence-electron chi connectivity index (χ3n) is 10.9. The Kier molecular flexibility index (Phi) is 13.5. The van der Waals surface area contributed by atoms with Crippen LogP contribution in [0.4, 0.5) is 0 Å². The molecule has 2 atom stereocenters. The van der Waals surface area contributed by atoms with E-state index in [-0.39, 0.29) is 12.5 Å². The Bertz CT molecular complexity index is 1960. The zero-order valence-electron chi connectivity index (χ0n) is 31.7. The fraction of sp³-hybridized carbons (Fsp3) is 0.432. The fourth-order valence-corrected chi connectivity index (χ4v) is 7.87. The summed E-state index contributed by atoms with van der Waals surface area (Å²) in [6.45, 7) is 11.8. The van der Waals surface area contributed by atoms with Gasteiger partial charge < -0.3 is 24.2 Å². The molecule has 4 aromatic rings. The molecule has 1 aromatic heterocycles. The first-order valence-electron chi connectivity index (χ1n) is 19.1. The fourth-order valence-electron chi connectivity index (χ4n) is 7.62. The highest BCUT2D eigenvalue weighted by Gasteiger charge is 2.25. The van der Waals surface area contributed by atoms with Crippen molar-refractivity contribution in [3.8, 4) is 34.4 Å². The molecule has 3 heterocycles. The van der Waals surface area contributed by atoms with E-state index in [1.54, 1.807) is 18.5 Å². The number of rotatable bonds is 15. The first-order chi connectivity index (χ1) is 26.2. The Morgan fingerprint density at radius 3 is 2.50 bits per heavy atom. The molecule has 0 aliphatic carbocycles. The van der Waals surface area contributed by atoms with Gasteiger partial charge >= 0.3 is 5.97 Å². The molecule has 2 aliphatic rings. The second kappa shape index (κ2) is 18.6. The number of hydrogen-bond donors (Lipinski definition) is 1. The Labute approximate surface area is 324 Å². The number of carboxylic acid groups (broad SMARTS) is 1. The van der Waals surface area contributed by atoms with Gasteiger partial charge in [-0.3, -0.25) is 14.7 Å². The number of nitriles is 1. The van der Waals surface area contributed by atoms with E-state index in [2.05, 4.69) is 65.9 Å². The Morgan fingerprint density at radius 2 is 1.70 bits per heavy atom. The lowest BCUT2D eigenvalue weighted by Gasteiger charge is -2.33. The van der Waals surface area contributed by atoms with Crippen molar-refractivity contribution in [2.75, 3.05) is 32.8 Å². The average Bonchev–Trinajstić information content (AvgIpc) is 3.18. The molecule has 6 rings (SSSR count). The number of nitrogens with zero attached hydrogens (tertiary/aromatic N) is 4. The predicted octanol–water partition coefficient (Wildman–Crippen LogP) is 8.99. The normalized spacial score (nSPS) is 17.8. The minimum atomic E-state index is -0.696. The SMILES string of the molecule is Cc1c(COc2cc(OCc3cncc(C#N)c3)c(CN3CCCC[C@H]3C)cc2Cl)cccc1-c1cccc(OCCCN2CCC[C@H](C(=O)O)C2)c1C. The molecule has 1 N–H and O–H groups in total. The summed E-state index contributed by atoms with van der Waals surface area (Å²) in [6.07, 6.45) is 9.37. The van der Waals surface area contributed by atoms with Crippen LogP contribution in [-0.4, -0.2) is 64.7 Å². The molecule has 9 nitrogen and oxygen atoms in total. The molecule has 0 radical (unpaired) electrons. The van der Waals surface area contributed by atoms with Gasteiger partial charge in [-0.05, 0) is 112 Å². The van der Waals surface area contributed by atoms with E-state index in [0.717, 1.165) is 90.1 Å². The number of aromatic nitrogens is 1. The summed E-state index contributed by atoms with van der Waals surface area (Å²) in [6, 6.07) is 20.7. The monoisotopic (exact) mass is 750 g/mol. The van der Waals surface area contributed by atoms with Crippen molar-refractivity contribution in [1.29, 1.82) is 5.26 Å². The van der Waals surface area contributed by atoms with Crippen LogP contribution in [0.3, 0.4) is 0 Å². The zero-order valence-corrected chi connectivity index (χ0v) is 32.4. The maximum Gasteiger partial charge on any atom is 0.307 e. The Balaban J connectivity index is 1.14. The van der Waals surface area contributed by atoms with E-state index in [4.69, 9.17) is 25.8 Å². The van der Waals surface area contributed by atoms with Crippen LogP contribution >= 0.6 is 11.6 Å². The van der Waals surface area contributed by atoms with Crippen LogP contribution in [0.15, 0.2) is 67.0 Å². The van der Waals surface area contributed by atoms with E-state index < -0.39 is 5.97 Å². The molecule has 54 heavy (non-hydrogen) atoms. The molecule has 0 unspecified atom stereocenters. The van der Waals surface area contributed by atoms with Crippen LogP contribution in [0.2, 0.25) is 5.02 Å². The topological polar surface area (TPSA) is 108 Å².